The van der Waals surface area contributed by atoms with Gasteiger partial charge >= 0.3 is 0 Å². The molecule has 0 aliphatic rings. The van der Waals surface area contributed by atoms with E-state index in [2.05, 4.69) is 15.9 Å². The lowest BCUT2D eigenvalue weighted by Crippen LogP contribution is -2.10. The molecule has 0 radical (unpaired) electrons. The monoisotopic (exact) mass is 333 g/mol. The minimum atomic E-state index is 0.0596. The van der Waals surface area contributed by atoms with E-state index in [1.165, 1.54) is 0 Å². The van der Waals surface area contributed by atoms with Crippen LogP contribution < -0.4 is 9.64 Å². The molecule has 104 valence electrons. The largest absolute Gasteiger partial charge is 0.497 e. The molecule has 0 aromatic heterocycles. The number of carbonyl (C=O) groups excluding carboxylic acids is 1. The first kappa shape index (κ1) is 14.6. The lowest BCUT2D eigenvalue weighted by molar-refractivity contribution is 0.101. The van der Waals surface area contributed by atoms with Crippen LogP contribution in [0.4, 0.5) is 11.4 Å². The third kappa shape index (κ3) is 3.02. The Morgan fingerprint density at radius 3 is 2.30 bits per heavy atom. The van der Waals surface area contributed by atoms with Crippen molar-refractivity contribution in [2.24, 2.45) is 0 Å². The first-order valence-electron chi connectivity index (χ1n) is 6.21. The van der Waals surface area contributed by atoms with Gasteiger partial charge in [0.05, 0.1) is 12.8 Å². The van der Waals surface area contributed by atoms with Crippen LogP contribution in [-0.2, 0) is 0 Å². The number of benzene rings is 2. The Bertz CT molecular complexity index is 623. The van der Waals surface area contributed by atoms with Crippen molar-refractivity contribution in [3.63, 3.8) is 0 Å². The number of ether oxygens (including phenoxy) is 1. The van der Waals surface area contributed by atoms with Crippen LogP contribution in [0.15, 0.2) is 46.9 Å². The van der Waals surface area contributed by atoms with Gasteiger partial charge in [-0.05, 0) is 65.3 Å². The van der Waals surface area contributed by atoms with E-state index in [1.54, 1.807) is 14.0 Å². The van der Waals surface area contributed by atoms with Crippen molar-refractivity contribution in [2.45, 2.75) is 6.92 Å². The van der Waals surface area contributed by atoms with Gasteiger partial charge in [-0.2, -0.15) is 0 Å². The summed E-state index contributed by atoms with van der Waals surface area (Å²) in [6.07, 6.45) is 0. The Hall–Kier alpha value is -1.81. The molecule has 0 atom stereocenters. The molecule has 0 aliphatic heterocycles. The third-order valence-corrected chi connectivity index (χ3v) is 3.81. The second-order valence-corrected chi connectivity index (χ2v) is 5.33. The van der Waals surface area contributed by atoms with Crippen molar-refractivity contribution >= 4 is 33.1 Å². The average molecular weight is 334 g/mol. The van der Waals surface area contributed by atoms with Crippen LogP contribution in [0.5, 0.6) is 5.75 Å². The van der Waals surface area contributed by atoms with Gasteiger partial charge in [0.15, 0.2) is 5.78 Å². The molecule has 2 aromatic rings. The standard InChI is InChI=1S/C16H16BrNO2/c1-11(19)12-4-9-16(15(17)10-12)18(2)13-5-7-14(20-3)8-6-13/h4-10H,1-3H3. The second kappa shape index (κ2) is 6.09. The van der Waals surface area contributed by atoms with Crippen LogP contribution in [-0.4, -0.2) is 19.9 Å². The first-order chi connectivity index (χ1) is 9.52. The molecule has 0 aliphatic carbocycles. The van der Waals surface area contributed by atoms with Gasteiger partial charge in [-0.15, -0.1) is 0 Å². The van der Waals surface area contributed by atoms with Crippen LogP contribution in [0, 0.1) is 0 Å². The zero-order valence-corrected chi connectivity index (χ0v) is 13.3. The van der Waals surface area contributed by atoms with Gasteiger partial charge in [-0.25, -0.2) is 0 Å². The highest BCUT2D eigenvalue weighted by Gasteiger charge is 2.10. The predicted molar refractivity (Wildman–Crippen MR) is 85.2 cm³/mol. The van der Waals surface area contributed by atoms with E-state index in [0.717, 1.165) is 21.6 Å². The molecule has 0 bridgehead atoms. The fourth-order valence-electron chi connectivity index (χ4n) is 1.94. The molecule has 2 rings (SSSR count). The van der Waals surface area contributed by atoms with Crippen LogP contribution in [0.25, 0.3) is 0 Å². The minimum absolute atomic E-state index is 0.0596. The van der Waals surface area contributed by atoms with Crippen molar-refractivity contribution in [3.05, 3.63) is 52.5 Å². The Morgan fingerprint density at radius 2 is 1.80 bits per heavy atom. The van der Waals surface area contributed by atoms with Crippen LogP contribution in [0.1, 0.15) is 17.3 Å². The summed E-state index contributed by atoms with van der Waals surface area (Å²) < 4.78 is 6.05. The van der Waals surface area contributed by atoms with Crippen molar-refractivity contribution in [2.75, 3.05) is 19.1 Å². The van der Waals surface area contributed by atoms with Gasteiger partial charge in [0.2, 0.25) is 0 Å². The van der Waals surface area contributed by atoms with Crippen LogP contribution in [0.2, 0.25) is 0 Å². The molecular formula is C16H16BrNO2. The highest BCUT2D eigenvalue weighted by atomic mass is 79.9. The van der Waals surface area contributed by atoms with Crippen molar-refractivity contribution < 1.29 is 9.53 Å². The van der Waals surface area contributed by atoms with E-state index in [1.807, 2.05) is 54.4 Å². The van der Waals surface area contributed by atoms with Gasteiger partial charge < -0.3 is 9.64 Å². The SMILES string of the molecule is COc1ccc(N(C)c2ccc(C(C)=O)cc2Br)cc1. The van der Waals surface area contributed by atoms with E-state index in [9.17, 15) is 4.79 Å². The molecule has 0 unspecified atom stereocenters. The Morgan fingerprint density at radius 1 is 1.15 bits per heavy atom. The summed E-state index contributed by atoms with van der Waals surface area (Å²) in [5.74, 6) is 0.887. The molecule has 20 heavy (non-hydrogen) atoms. The molecule has 0 N–H and O–H groups in total. The van der Waals surface area contributed by atoms with Gasteiger partial charge in [0.1, 0.15) is 5.75 Å². The fourth-order valence-corrected chi connectivity index (χ4v) is 2.59. The number of ketones is 1. The molecule has 0 amide bonds. The Labute approximate surface area is 127 Å². The maximum absolute atomic E-state index is 11.4. The van der Waals surface area contributed by atoms with Gasteiger partial charge in [0, 0.05) is 22.8 Å². The molecule has 0 saturated carbocycles. The summed E-state index contributed by atoms with van der Waals surface area (Å²) in [7, 11) is 3.63. The number of hydrogen-bond acceptors (Lipinski definition) is 3. The molecule has 0 spiro atoms. The van der Waals surface area contributed by atoms with Crippen molar-refractivity contribution in [3.8, 4) is 5.75 Å². The lowest BCUT2D eigenvalue weighted by atomic mass is 10.1. The quantitative estimate of drug-likeness (QED) is 0.775. The van der Waals surface area contributed by atoms with E-state index in [4.69, 9.17) is 4.74 Å². The third-order valence-electron chi connectivity index (χ3n) is 3.18. The number of hydrogen-bond donors (Lipinski definition) is 0. The molecule has 2 aromatic carbocycles. The molecule has 0 fully saturated rings. The summed E-state index contributed by atoms with van der Waals surface area (Å²) in [5, 5.41) is 0. The summed E-state index contributed by atoms with van der Waals surface area (Å²) in [6.45, 7) is 1.56. The number of rotatable bonds is 4. The molecule has 4 heteroatoms. The van der Waals surface area contributed by atoms with E-state index in [0.29, 0.717) is 5.56 Å². The maximum Gasteiger partial charge on any atom is 0.159 e. The number of nitrogens with zero attached hydrogens (tertiary/aromatic N) is 1. The van der Waals surface area contributed by atoms with E-state index in [-0.39, 0.29) is 5.78 Å². The Balaban J connectivity index is 2.32. The number of halogens is 1. The minimum Gasteiger partial charge on any atom is -0.497 e. The summed E-state index contributed by atoms with van der Waals surface area (Å²) >= 11 is 3.52. The van der Waals surface area contributed by atoms with Crippen LogP contribution >= 0.6 is 15.9 Å². The average Bonchev–Trinajstić information content (AvgIpc) is 2.46. The van der Waals surface area contributed by atoms with Crippen molar-refractivity contribution in [1.82, 2.24) is 0 Å². The summed E-state index contributed by atoms with van der Waals surface area (Å²) in [5.41, 5.74) is 2.74. The fraction of sp³-hybridized carbons (Fsp3) is 0.188. The summed E-state index contributed by atoms with van der Waals surface area (Å²) in [4.78, 5) is 13.4. The second-order valence-electron chi connectivity index (χ2n) is 4.48. The Kier molecular flexibility index (Phi) is 4.45. The predicted octanol–water partition coefficient (Wildman–Crippen LogP) is 4.43. The summed E-state index contributed by atoms with van der Waals surface area (Å²) in [6, 6.07) is 13.4. The first-order valence-corrected chi connectivity index (χ1v) is 7.00. The number of carbonyl (C=O) groups is 1. The van der Waals surface area contributed by atoms with Crippen molar-refractivity contribution in [1.29, 1.82) is 0 Å². The van der Waals surface area contributed by atoms with Gasteiger partial charge in [0.25, 0.3) is 0 Å². The number of Topliss-reactive ketones (excluding diaryl/α,β-unsaturated/α-hetero) is 1. The normalized spacial score (nSPS) is 10.2. The number of methoxy groups -OCH3 is 1. The molecule has 3 nitrogen and oxygen atoms in total. The molecule has 0 saturated heterocycles. The lowest BCUT2D eigenvalue weighted by Gasteiger charge is -2.21. The highest BCUT2D eigenvalue weighted by molar-refractivity contribution is 9.10. The highest BCUT2D eigenvalue weighted by Crippen LogP contribution is 2.32. The van der Waals surface area contributed by atoms with E-state index >= 15 is 0 Å². The van der Waals surface area contributed by atoms with Gasteiger partial charge in [-0.3, -0.25) is 4.79 Å². The molecule has 0 heterocycles. The maximum atomic E-state index is 11.4. The smallest absolute Gasteiger partial charge is 0.159 e. The van der Waals surface area contributed by atoms with Crippen LogP contribution in [0.3, 0.4) is 0 Å². The zero-order valence-electron chi connectivity index (χ0n) is 11.7. The van der Waals surface area contributed by atoms with E-state index < -0.39 is 0 Å². The van der Waals surface area contributed by atoms with Gasteiger partial charge in [-0.1, -0.05) is 0 Å². The zero-order chi connectivity index (χ0) is 14.7. The topological polar surface area (TPSA) is 29.5 Å². The number of anilines is 2. The molecular weight excluding hydrogens is 318 g/mol.